The van der Waals surface area contributed by atoms with E-state index in [1.54, 1.807) is 0 Å². The molecule has 2 aliphatic heterocycles. The largest absolute Gasteiger partial charge is 0.454 e. The van der Waals surface area contributed by atoms with E-state index in [4.69, 9.17) is 9.47 Å². The van der Waals surface area contributed by atoms with Gasteiger partial charge >= 0.3 is 0 Å². The predicted octanol–water partition coefficient (Wildman–Crippen LogP) is 3.31. The average Bonchev–Trinajstić information content (AvgIpc) is 3.16. The van der Waals surface area contributed by atoms with Crippen LogP contribution in [0.3, 0.4) is 0 Å². The molecule has 0 spiro atoms. The van der Waals surface area contributed by atoms with E-state index >= 15 is 0 Å². The Morgan fingerprint density at radius 3 is 2.89 bits per heavy atom. The van der Waals surface area contributed by atoms with E-state index in [-0.39, 0.29) is 12.7 Å². The summed E-state index contributed by atoms with van der Waals surface area (Å²) in [5.74, 6) is 1.69. The van der Waals surface area contributed by atoms with E-state index in [9.17, 15) is 5.11 Å². The molecule has 138 valence electrons. The quantitative estimate of drug-likeness (QED) is 0.775. The van der Waals surface area contributed by atoms with Crippen LogP contribution in [0, 0.1) is 0 Å². The van der Waals surface area contributed by atoms with Gasteiger partial charge in [-0.05, 0) is 42.3 Å². The van der Waals surface area contributed by atoms with Crippen molar-refractivity contribution < 1.29 is 14.6 Å². The summed E-state index contributed by atoms with van der Waals surface area (Å²) in [4.78, 5) is 6.86. The highest BCUT2D eigenvalue weighted by Gasteiger charge is 2.30. The van der Waals surface area contributed by atoms with Crippen molar-refractivity contribution in [2.45, 2.75) is 25.0 Å². The van der Waals surface area contributed by atoms with Gasteiger partial charge in [-0.3, -0.25) is 9.88 Å². The molecule has 0 unspecified atom stereocenters. The minimum atomic E-state index is -0.401. The van der Waals surface area contributed by atoms with Crippen molar-refractivity contribution in [1.82, 2.24) is 9.88 Å². The van der Waals surface area contributed by atoms with Crippen LogP contribution in [0.1, 0.15) is 23.5 Å². The maximum atomic E-state index is 10.8. The van der Waals surface area contributed by atoms with Crippen LogP contribution in [0.4, 0.5) is 0 Å². The monoisotopic (exact) mass is 362 g/mol. The Labute approximate surface area is 158 Å². The van der Waals surface area contributed by atoms with Gasteiger partial charge in [-0.15, -0.1) is 0 Å². The van der Waals surface area contributed by atoms with Gasteiger partial charge in [-0.25, -0.2) is 0 Å². The average molecular weight is 362 g/mol. The fourth-order valence-electron chi connectivity index (χ4n) is 4.21. The first-order chi connectivity index (χ1) is 13.3. The molecule has 2 atom stereocenters. The van der Waals surface area contributed by atoms with Crippen LogP contribution in [0.15, 0.2) is 54.7 Å². The highest BCUT2D eigenvalue weighted by atomic mass is 16.7. The number of piperidine rings is 1. The van der Waals surface area contributed by atoms with Gasteiger partial charge in [0.15, 0.2) is 11.5 Å². The molecule has 5 heteroatoms. The molecule has 1 saturated heterocycles. The molecule has 1 aromatic heterocycles. The topological polar surface area (TPSA) is 54.8 Å². The van der Waals surface area contributed by atoms with Crippen molar-refractivity contribution in [3.8, 4) is 11.5 Å². The van der Waals surface area contributed by atoms with Crippen LogP contribution >= 0.6 is 0 Å². The third kappa shape index (κ3) is 3.13. The summed E-state index contributed by atoms with van der Waals surface area (Å²) in [5, 5.41) is 12.0. The Bertz CT molecular complexity index is 969. The Morgan fingerprint density at radius 1 is 1.07 bits per heavy atom. The van der Waals surface area contributed by atoms with Gasteiger partial charge in [0.2, 0.25) is 6.79 Å². The second-order valence-corrected chi connectivity index (χ2v) is 7.30. The van der Waals surface area contributed by atoms with Crippen molar-refractivity contribution in [3.63, 3.8) is 0 Å². The molecule has 0 amide bonds. The molecule has 27 heavy (non-hydrogen) atoms. The van der Waals surface area contributed by atoms with Gasteiger partial charge in [0, 0.05) is 30.6 Å². The first-order valence-corrected chi connectivity index (χ1v) is 9.40. The number of β-amino-alcohol motifs (C(OH)–C–C–N with tert-alkyl or cyclic N) is 1. The molecule has 3 heterocycles. The van der Waals surface area contributed by atoms with Crippen molar-refractivity contribution in [3.05, 3.63) is 65.9 Å². The third-order valence-corrected chi connectivity index (χ3v) is 5.60. The number of rotatable bonds is 3. The van der Waals surface area contributed by atoms with Crippen LogP contribution in [-0.4, -0.2) is 41.0 Å². The minimum Gasteiger partial charge on any atom is -0.454 e. The molecule has 0 aliphatic carbocycles. The van der Waals surface area contributed by atoms with Crippen LogP contribution in [0.5, 0.6) is 11.5 Å². The zero-order valence-electron chi connectivity index (χ0n) is 15.0. The minimum absolute atomic E-state index is 0.126. The fraction of sp³-hybridized carbons (Fsp3) is 0.318. The summed E-state index contributed by atoms with van der Waals surface area (Å²) < 4.78 is 10.9. The summed E-state index contributed by atoms with van der Waals surface area (Å²) in [5.41, 5.74) is 3.38. The molecule has 5 rings (SSSR count). The maximum absolute atomic E-state index is 10.8. The van der Waals surface area contributed by atoms with E-state index in [1.165, 1.54) is 5.56 Å². The Hall–Kier alpha value is -2.63. The number of para-hydroxylation sites is 1. The zero-order chi connectivity index (χ0) is 18.2. The first-order valence-electron chi connectivity index (χ1n) is 9.40. The normalized spacial score (nSPS) is 22.3. The maximum Gasteiger partial charge on any atom is 0.231 e. The molecule has 1 fully saturated rings. The number of nitrogens with zero attached hydrogens (tertiary/aromatic N) is 2. The van der Waals surface area contributed by atoms with E-state index in [0.717, 1.165) is 47.5 Å². The van der Waals surface area contributed by atoms with Crippen LogP contribution in [0.25, 0.3) is 10.9 Å². The highest BCUT2D eigenvalue weighted by molar-refractivity contribution is 5.81. The Kier molecular flexibility index (Phi) is 4.19. The second kappa shape index (κ2) is 6.83. The molecular weight excluding hydrogens is 340 g/mol. The first kappa shape index (κ1) is 16.5. The lowest BCUT2D eigenvalue weighted by atomic mass is 9.86. The number of aliphatic hydroxyl groups is 1. The van der Waals surface area contributed by atoms with E-state index in [2.05, 4.69) is 34.1 Å². The molecule has 0 radical (unpaired) electrons. The van der Waals surface area contributed by atoms with Crippen molar-refractivity contribution in [2.24, 2.45) is 0 Å². The van der Waals surface area contributed by atoms with Crippen LogP contribution in [0.2, 0.25) is 0 Å². The Balaban J connectivity index is 1.31. The zero-order valence-corrected chi connectivity index (χ0v) is 15.0. The molecule has 5 nitrogen and oxygen atoms in total. The smallest absolute Gasteiger partial charge is 0.231 e. The van der Waals surface area contributed by atoms with Gasteiger partial charge in [-0.1, -0.05) is 30.3 Å². The molecule has 0 saturated carbocycles. The summed E-state index contributed by atoms with van der Waals surface area (Å²) in [6, 6.07) is 16.4. The summed E-state index contributed by atoms with van der Waals surface area (Å²) >= 11 is 0. The summed E-state index contributed by atoms with van der Waals surface area (Å²) in [6.07, 6.45) is 2.35. The van der Waals surface area contributed by atoms with E-state index in [0.29, 0.717) is 6.54 Å². The molecule has 1 N–H and O–H groups in total. The molecular formula is C22H22N2O3. The number of hydrogen-bond acceptors (Lipinski definition) is 5. The number of likely N-dealkylation sites (tertiary alicyclic amines) is 1. The van der Waals surface area contributed by atoms with Crippen molar-refractivity contribution >= 4 is 10.9 Å². The molecule has 3 aromatic rings. The molecule has 0 bridgehead atoms. The predicted molar refractivity (Wildman–Crippen MR) is 103 cm³/mol. The number of aliphatic hydroxyl groups excluding tert-OH is 1. The number of fused-ring (bicyclic) bond motifs is 2. The lowest BCUT2D eigenvalue weighted by Crippen LogP contribution is -2.42. The Morgan fingerprint density at radius 2 is 1.96 bits per heavy atom. The second-order valence-electron chi connectivity index (χ2n) is 7.30. The third-order valence-electron chi connectivity index (χ3n) is 5.60. The van der Waals surface area contributed by atoms with Crippen molar-refractivity contribution in [1.29, 1.82) is 0 Å². The lowest BCUT2D eigenvalue weighted by molar-refractivity contribution is 0.0478. The highest BCUT2D eigenvalue weighted by Crippen LogP contribution is 2.37. The van der Waals surface area contributed by atoms with Gasteiger partial charge in [0.25, 0.3) is 0 Å². The number of benzene rings is 2. The number of pyridine rings is 1. The number of hydrogen-bond donors (Lipinski definition) is 1. The van der Waals surface area contributed by atoms with Gasteiger partial charge in [-0.2, -0.15) is 0 Å². The van der Waals surface area contributed by atoms with Crippen molar-refractivity contribution in [2.75, 3.05) is 19.9 Å². The van der Waals surface area contributed by atoms with E-state index in [1.807, 2.05) is 30.5 Å². The van der Waals surface area contributed by atoms with Gasteiger partial charge < -0.3 is 14.6 Å². The lowest BCUT2D eigenvalue weighted by Gasteiger charge is -2.36. The molecule has 2 aliphatic rings. The SMILES string of the molecule is O[C@@H]1CN(Cc2cccc3cccnc23)CC[C@H]1c1ccc2c(c1)OCO2. The number of aromatic nitrogens is 1. The van der Waals surface area contributed by atoms with E-state index < -0.39 is 6.10 Å². The summed E-state index contributed by atoms with van der Waals surface area (Å²) in [7, 11) is 0. The van der Waals surface area contributed by atoms with Crippen LogP contribution < -0.4 is 9.47 Å². The van der Waals surface area contributed by atoms with Gasteiger partial charge in [0.05, 0.1) is 11.6 Å². The molecule has 2 aromatic carbocycles. The van der Waals surface area contributed by atoms with Crippen LogP contribution in [-0.2, 0) is 6.54 Å². The fourth-order valence-corrected chi connectivity index (χ4v) is 4.21. The summed E-state index contributed by atoms with van der Waals surface area (Å²) in [6.45, 7) is 2.68. The standard InChI is InChI=1S/C22H22N2O3/c25-19-13-24(12-17-4-1-3-15-5-2-9-23-22(15)17)10-8-18(19)16-6-7-20-21(11-16)27-14-26-20/h1-7,9,11,18-19,25H,8,10,12-14H2/t18-,19+/m0/s1. The number of ether oxygens (including phenoxy) is 2. The van der Waals surface area contributed by atoms with Gasteiger partial charge in [0.1, 0.15) is 0 Å².